The number of anilines is 1. The SMILES string of the molecule is O=C(CCC1CCNCC1)N1CCN(c2ncnc3ccsc23)CC1. The summed E-state index contributed by atoms with van der Waals surface area (Å²) in [5, 5.41) is 5.45. The van der Waals surface area contributed by atoms with Gasteiger partial charge in [-0.2, -0.15) is 0 Å². The summed E-state index contributed by atoms with van der Waals surface area (Å²) in [6.45, 7) is 5.50. The second-order valence-corrected chi connectivity index (χ2v) is 7.85. The van der Waals surface area contributed by atoms with Crippen molar-refractivity contribution in [2.75, 3.05) is 44.2 Å². The fourth-order valence-electron chi connectivity index (χ4n) is 3.82. The van der Waals surface area contributed by atoms with Gasteiger partial charge in [-0.3, -0.25) is 4.79 Å². The zero-order chi connectivity index (χ0) is 17.1. The molecule has 2 saturated heterocycles. The lowest BCUT2D eigenvalue weighted by Gasteiger charge is -2.35. The van der Waals surface area contributed by atoms with Crippen molar-refractivity contribution in [1.82, 2.24) is 20.2 Å². The van der Waals surface area contributed by atoms with Crippen molar-refractivity contribution in [3.05, 3.63) is 17.8 Å². The van der Waals surface area contributed by atoms with Gasteiger partial charge in [-0.15, -0.1) is 11.3 Å². The molecule has 0 unspecified atom stereocenters. The lowest BCUT2D eigenvalue weighted by atomic mass is 9.93. The molecule has 0 spiro atoms. The van der Waals surface area contributed by atoms with Crippen LogP contribution in [0.15, 0.2) is 17.8 Å². The van der Waals surface area contributed by atoms with Crippen molar-refractivity contribution in [3.8, 4) is 0 Å². The van der Waals surface area contributed by atoms with Gasteiger partial charge in [0, 0.05) is 32.6 Å². The number of hydrogen-bond acceptors (Lipinski definition) is 6. The number of nitrogens with zero attached hydrogens (tertiary/aromatic N) is 4. The summed E-state index contributed by atoms with van der Waals surface area (Å²) in [6.07, 6.45) is 5.81. The van der Waals surface area contributed by atoms with Gasteiger partial charge in [0.05, 0.1) is 10.2 Å². The average Bonchev–Trinajstić information content (AvgIpc) is 3.16. The minimum Gasteiger partial charge on any atom is -0.352 e. The minimum atomic E-state index is 0.321. The van der Waals surface area contributed by atoms with Crippen LogP contribution in [0.2, 0.25) is 0 Å². The van der Waals surface area contributed by atoms with Gasteiger partial charge in [0.15, 0.2) is 0 Å². The highest BCUT2D eigenvalue weighted by Crippen LogP contribution is 2.28. The number of amides is 1. The Bertz CT molecular complexity index is 719. The summed E-state index contributed by atoms with van der Waals surface area (Å²) in [5.74, 6) is 2.06. The van der Waals surface area contributed by atoms with E-state index in [-0.39, 0.29) is 0 Å². The highest BCUT2D eigenvalue weighted by atomic mass is 32.1. The maximum Gasteiger partial charge on any atom is 0.222 e. The number of rotatable bonds is 4. The third kappa shape index (κ3) is 3.77. The summed E-state index contributed by atoms with van der Waals surface area (Å²) >= 11 is 1.69. The Kier molecular flexibility index (Phi) is 5.12. The van der Waals surface area contributed by atoms with Gasteiger partial charge in [0.25, 0.3) is 0 Å². The molecule has 2 aromatic rings. The molecule has 0 radical (unpaired) electrons. The van der Waals surface area contributed by atoms with Crippen molar-refractivity contribution in [3.63, 3.8) is 0 Å². The van der Waals surface area contributed by atoms with Crippen LogP contribution in [-0.2, 0) is 4.79 Å². The molecular formula is C18H25N5OS. The Morgan fingerprint density at radius 1 is 1.20 bits per heavy atom. The molecule has 0 aromatic carbocycles. The first kappa shape index (κ1) is 16.7. The van der Waals surface area contributed by atoms with Gasteiger partial charge >= 0.3 is 0 Å². The number of piperazine rings is 1. The Labute approximate surface area is 152 Å². The molecule has 7 heteroatoms. The van der Waals surface area contributed by atoms with E-state index in [1.54, 1.807) is 17.7 Å². The first-order chi connectivity index (χ1) is 12.3. The number of fused-ring (bicyclic) bond motifs is 1. The second-order valence-electron chi connectivity index (χ2n) is 6.93. The van der Waals surface area contributed by atoms with E-state index in [1.807, 2.05) is 11.0 Å². The predicted octanol–water partition coefficient (Wildman–Crippen LogP) is 2.12. The topological polar surface area (TPSA) is 61.4 Å². The molecule has 0 atom stereocenters. The van der Waals surface area contributed by atoms with Crippen LogP contribution < -0.4 is 10.2 Å². The maximum absolute atomic E-state index is 12.5. The number of piperidine rings is 1. The molecule has 6 nitrogen and oxygen atoms in total. The number of hydrogen-bond donors (Lipinski definition) is 1. The molecule has 2 fully saturated rings. The van der Waals surface area contributed by atoms with Crippen LogP contribution in [0.3, 0.4) is 0 Å². The first-order valence-electron chi connectivity index (χ1n) is 9.23. The molecule has 0 bridgehead atoms. The van der Waals surface area contributed by atoms with Gasteiger partial charge in [0.2, 0.25) is 5.91 Å². The van der Waals surface area contributed by atoms with Gasteiger partial charge in [-0.25, -0.2) is 9.97 Å². The number of carbonyl (C=O) groups is 1. The lowest BCUT2D eigenvalue weighted by Crippen LogP contribution is -2.49. The number of carbonyl (C=O) groups excluding carboxylic acids is 1. The van der Waals surface area contributed by atoms with Crippen LogP contribution in [0.1, 0.15) is 25.7 Å². The maximum atomic E-state index is 12.5. The summed E-state index contributed by atoms with van der Waals surface area (Å²) in [6, 6.07) is 2.03. The summed E-state index contributed by atoms with van der Waals surface area (Å²) in [7, 11) is 0. The van der Waals surface area contributed by atoms with E-state index in [4.69, 9.17) is 0 Å². The third-order valence-electron chi connectivity index (χ3n) is 5.38. The Hall–Kier alpha value is -1.73. The van der Waals surface area contributed by atoms with Crippen LogP contribution in [0, 0.1) is 5.92 Å². The van der Waals surface area contributed by atoms with Crippen LogP contribution in [0.5, 0.6) is 0 Å². The molecule has 25 heavy (non-hydrogen) atoms. The van der Waals surface area contributed by atoms with Crippen LogP contribution in [-0.4, -0.2) is 60.0 Å². The molecular weight excluding hydrogens is 334 g/mol. The van der Waals surface area contributed by atoms with E-state index in [0.717, 1.165) is 67.6 Å². The van der Waals surface area contributed by atoms with Gasteiger partial charge < -0.3 is 15.1 Å². The molecule has 1 amide bonds. The van der Waals surface area contributed by atoms with Gasteiger partial charge in [-0.1, -0.05) is 0 Å². The predicted molar refractivity (Wildman–Crippen MR) is 101 cm³/mol. The number of nitrogens with one attached hydrogen (secondary N) is 1. The molecule has 134 valence electrons. The standard InChI is InChI=1S/C18H25N5OS/c24-16(2-1-14-3-6-19-7-4-14)22-8-10-23(11-9-22)18-17-15(5-12-25-17)20-13-21-18/h5,12-14,19H,1-4,6-11H2. The number of aromatic nitrogens is 2. The molecule has 1 N–H and O–H groups in total. The molecule has 2 aliphatic heterocycles. The van der Waals surface area contributed by atoms with Crippen molar-refractivity contribution < 1.29 is 4.79 Å². The van der Waals surface area contributed by atoms with E-state index in [2.05, 4.69) is 25.6 Å². The summed E-state index contributed by atoms with van der Waals surface area (Å²) < 4.78 is 1.15. The molecule has 4 rings (SSSR count). The Balaban J connectivity index is 1.30. The normalized spacial score (nSPS) is 19.5. The van der Waals surface area contributed by atoms with E-state index < -0.39 is 0 Å². The summed E-state index contributed by atoms with van der Waals surface area (Å²) in [4.78, 5) is 25.6. The number of thiophene rings is 1. The van der Waals surface area contributed by atoms with Crippen molar-refractivity contribution >= 4 is 33.3 Å². The average molecular weight is 359 g/mol. The van der Waals surface area contributed by atoms with Gasteiger partial charge in [-0.05, 0) is 49.7 Å². The largest absolute Gasteiger partial charge is 0.352 e. The second kappa shape index (κ2) is 7.66. The van der Waals surface area contributed by atoms with Gasteiger partial charge in [0.1, 0.15) is 12.1 Å². The fourth-order valence-corrected chi connectivity index (χ4v) is 4.69. The highest BCUT2D eigenvalue weighted by molar-refractivity contribution is 7.17. The quantitative estimate of drug-likeness (QED) is 0.906. The van der Waals surface area contributed by atoms with Crippen molar-refractivity contribution in [1.29, 1.82) is 0 Å². The zero-order valence-corrected chi connectivity index (χ0v) is 15.3. The van der Waals surface area contributed by atoms with Crippen LogP contribution in [0.25, 0.3) is 10.2 Å². The molecule has 0 aliphatic carbocycles. The van der Waals surface area contributed by atoms with E-state index in [9.17, 15) is 4.79 Å². The van der Waals surface area contributed by atoms with E-state index in [1.165, 1.54) is 12.8 Å². The first-order valence-corrected chi connectivity index (χ1v) is 10.1. The molecule has 4 heterocycles. The van der Waals surface area contributed by atoms with E-state index >= 15 is 0 Å². The summed E-state index contributed by atoms with van der Waals surface area (Å²) in [5.41, 5.74) is 1.01. The zero-order valence-electron chi connectivity index (χ0n) is 14.5. The monoisotopic (exact) mass is 359 g/mol. The van der Waals surface area contributed by atoms with Crippen molar-refractivity contribution in [2.45, 2.75) is 25.7 Å². The van der Waals surface area contributed by atoms with E-state index in [0.29, 0.717) is 12.3 Å². The highest BCUT2D eigenvalue weighted by Gasteiger charge is 2.24. The Morgan fingerprint density at radius 3 is 2.80 bits per heavy atom. The van der Waals surface area contributed by atoms with Crippen LogP contribution in [0.4, 0.5) is 5.82 Å². The molecule has 2 aromatic heterocycles. The third-order valence-corrected chi connectivity index (χ3v) is 6.28. The lowest BCUT2D eigenvalue weighted by molar-refractivity contribution is -0.131. The molecule has 2 aliphatic rings. The molecule has 0 saturated carbocycles. The van der Waals surface area contributed by atoms with Crippen LogP contribution >= 0.6 is 11.3 Å². The minimum absolute atomic E-state index is 0.321. The van der Waals surface area contributed by atoms with Crippen molar-refractivity contribution in [2.24, 2.45) is 5.92 Å². The smallest absolute Gasteiger partial charge is 0.222 e. The fraction of sp³-hybridized carbons (Fsp3) is 0.611. The Morgan fingerprint density at radius 2 is 2.00 bits per heavy atom.